The van der Waals surface area contributed by atoms with Gasteiger partial charge in [0.25, 0.3) is 0 Å². The van der Waals surface area contributed by atoms with Crippen molar-refractivity contribution in [2.45, 2.75) is 45.2 Å². The number of ether oxygens (including phenoxy) is 1. The SMILES string of the molecule is COC(=O)C(CC(C)C)NC(c1ccc(F)cc1)C1CC1. The van der Waals surface area contributed by atoms with Crippen LogP contribution in [0.15, 0.2) is 24.3 Å². The first-order chi connectivity index (χ1) is 10.0. The molecule has 2 unspecified atom stereocenters. The summed E-state index contributed by atoms with van der Waals surface area (Å²) >= 11 is 0. The Bertz CT molecular complexity index is 468. The molecule has 1 aliphatic carbocycles. The number of carbonyl (C=O) groups excluding carboxylic acids is 1. The number of rotatable bonds is 7. The van der Waals surface area contributed by atoms with Crippen molar-refractivity contribution in [1.29, 1.82) is 0 Å². The Kier molecular flexibility index (Phi) is 5.34. The van der Waals surface area contributed by atoms with Gasteiger partial charge in [-0.1, -0.05) is 26.0 Å². The zero-order valence-corrected chi connectivity index (χ0v) is 12.9. The summed E-state index contributed by atoms with van der Waals surface area (Å²) in [6, 6.07) is 6.33. The van der Waals surface area contributed by atoms with E-state index < -0.39 is 0 Å². The van der Waals surface area contributed by atoms with Crippen LogP contribution in [0.3, 0.4) is 0 Å². The molecule has 0 bridgehead atoms. The van der Waals surface area contributed by atoms with Gasteiger partial charge in [0, 0.05) is 6.04 Å². The van der Waals surface area contributed by atoms with Gasteiger partial charge in [0.05, 0.1) is 7.11 Å². The first kappa shape index (κ1) is 16.0. The summed E-state index contributed by atoms with van der Waals surface area (Å²) in [5.41, 5.74) is 1.04. The summed E-state index contributed by atoms with van der Waals surface area (Å²) in [5.74, 6) is 0.459. The molecule has 2 atom stereocenters. The molecular formula is C17H24FNO2. The highest BCUT2D eigenvalue weighted by atomic mass is 19.1. The fourth-order valence-corrected chi connectivity index (χ4v) is 2.67. The molecule has 1 aliphatic rings. The maximum atomic E-state index is 13.1. The lowest BCUT2D eigenvalue weighted by Crippen LogP contribution is -2.41. The zero-order chi connectivity index (χ0) is 15.4. The van der Waals surface area contributed by atoms with Gasteiger partial charge in [0.1, 0.15) is 11.9 Å². The summed E-state index contributed by atoms with van der Waals surface area (Å²) < 4.78 is 18.0. The highest BCUT2D eigenvalue weighted by molar-refractivity contribution is 5.75. The topological polar surface area (TPSA) is 38.3 Å². The Morgan fingerprint density at radius 1 is 1.33 bits per heavy atom. The molecule has 1 saturated carbocycles. The van der Waals surface area contributed by atoms with Gasteiger partial charge in [-0.2, -0.15) is 0 Å². The van der Waals surface area contributed by atoms with Crippen LogP contribution in [0, 0.1) is 17.7 Å². The Hall–Kier alpha value is -1.42. The van der Waals surface area contributed by atoms with Crippen LogP contribution in [0.4, 0.5) is 4.39 Å². The minimum atomic E-state index is -0.314. The van der Waals surface area contributed by atoms with Crippen LogP contribution in [0.1, 0.15) is 44.7 Å². The predicted molar refractivity (Wildman–Crippen MR) is 80.3 cm³/mol. The van der Waals surface area contributed by atoms with Crippen molar-refractivity contribution in [3.05, 3.63) is 35.6 Å². The van der Waals surface area contributed by atoms with E-state index in [1.165, 1.54) is 19.2 Å². The predicted octanol–water partition coefficient (Wildman–Crippen LogP) is 3.45. The zero-order valence-electron chi connectivity index (χ0n) is 12.9. The van der Waals surface area contributed by atoms with Crippen LogP contribution < -0.4 is 5.32 Å². The molecule has 1 N–H and O–H groups in total. The molecule has 0 radical (unpaired) electrons. The number of carbonyl (C=O) groups is 1. The molecule has 116 valence electrons. The minimum absolute atomic E-state index is 0.0912. The van der Waals surface area contributed by atoms with Crippen LogP contribution >= 0.6 is 0 Å². The second-order valence-corrected chi connectivity index (χ2v) is 6.24. The quantitative estimate of drug-likeness (QED) is 0.782. The van der Waals surface area contributed by atoms with Crippen LogP contribution in [0.25, 0.3) is 0 Å². The van der Waals surface area contributed by atoms with Crippen LogP contribution in [-0.4, -0.2) is 19.1 Å². The summed E-state index contributed by atoms with van der Waals surface area (Å²) in [4.78, 5) is 12.0. The van der Waals surface area contributed by atoms with Crippen molar-refractivity contribution in [1.82, 2.24) is 5.32 Å². The van der Waals surface area contributed by atoms with E-state index in [1.54, 1.807) is 12.1 Å². The fraction of sp³-hybridized carbons (Fsp3) is 0.588. The largest absolute Gasteiger partial charge is 0.468 e. The second-order valence-electron chi connectivity index (χ2n) is 6.24. The maximum Gasteiger partial charge on any atom is 0.322 e. The first-order valence-corrected chi connectivity index (χ1v) is 7.60. The van der Waals surface area contributed by atoms with Crippen molar-refractivity contribution >= 4 is 5.97 Å². The Labute approximate surface area is 125 Å². The van der Waals surface area contributed by atoms with Crippen molar-refractivity contribution in [3.63, 3.8) is 0 Å². The molecule has 0 saturated heterocycles. The van der Waals surface area contributed by atoms with Gasteiger partial charge >= 0.3 is 5.97 Å². The van der Waals surface area contributed by atoms with E-state index in [0.717, 1.165) is 24.8 Å². The summed E-state index contributed by atoms with van der Waals surface area (Å²) in [7, 11) is 1.42. The normalized spacial score (nSPS) is 17.6. The molecule has 0 heterocycles. The van der Waals surface area contributed by atoms with Crippen molar-refractivity contribution in [2.75, 3.05) is 7.11 Å². The fourth-order valence-electron chi connectivity index (χ4n) is 2.67. The van der Waals surface area contributed by atoms with Gasteiger partial charge in [-0.05, 0) is 48.8 Å². The molecule has 3 nitrogen and oxygen atoms in total. The minimum Gasteiger partial charge on any atom is -0.468 e. The number of hydrogen-bond donors (Lipinski definition) is 1. The van der Waals surface area contributed by atoms with Crippen LogP contribution in [-0.2, 0) is 9.53 Å². The Morgan fingerprint density at radius 3 is 2.43 bits per heavy atom. The highest BCUT2D eigenvalue weighted by Crippen LogP contribution is 2.41. The van der Waals surface area contributed by atoms with E-state index in [9.17, 15) is 9.18 Å². The molecule has 1 fully saturated rings. The number of hydrogen-bond acceptors (Lipinski definition) is 3. The maximum absolute atomic E-state index is 13.1. The number of benzene rings is 1. The third-order valence-electron chi connectivity index (χ3n) is 3.90. The lowest BCUT2D eigenvalue weighted by Gasteiger charge is -2.26. The summed E-state index contributed by atoms with van der Waals surface area (Å²) in [6.45, 7) is 4.17. The van der Waals surface area contributed by atoms with E-state index in [-0.39, 0.29) is 23.9 Å². The third kappa shape index (κ3) is 4.53. The van der Waals surface area contributed by atoms with Gasteiger partial charge < -0.3 is 4.74 Å². The molecule has 0 aromatic heterocycles. The summed E-state index contributed by atoms with van der Waals surface area (Å²) in [6.07, 6.45) is 3.02. The number of esters is 1. The van der Waals surface area contributed by atoms with E-state index in [0.29, 0.717) is 11.8 Å². The highest BCUT2D eigenvalue weighted by Gasteiger charge is 2.35. The monoisotopic (exact) mass is 293 g/mol. The molecule has 21 heavy (non-hydrogen) atoms. The van der Waals surface area contributed by atoms with Crippen molar-refractivity contribution in [2.24, 2.45) is 11.8 Å². The molecular weight excluding hydrogens is 269 g/mol. The van der Waals surface area contributed by atoms with E-state index in [1.807, 2.05) is 0 Å². The van der Waals surface area contributed by atoms with Gasteiger partial charge in [0.15, 0.2) is 0 Å². The lowest BCUT2D eigenvalue weighted by atomic mass is 9.98. The number of nitrogens with one attached hydrogen (secondary N) is 1. The van der Waals surface area contributed by atoms with Crippen molar-refractivity contribution < 1.29 is 13.9 Å². The van der Waals surface area contributed by atoms with Gasteiger partial charge in [-0.15, -0.1) is 0 Å². The molecule has 2 rings (SSSR count). The third-order valence-corrected chi connectivity index (χ3v) is 3.90. The van der Waals surface area contributed by atoms with E-state index in [2.05, 4.69) is 19.2 Å². The molecule has 1 aromatic rings. The van der Waals surface area contributed by atoms with Crippen LogP contribution in [0.2, 0.25) is 0 Å². The lowest BCUT2D eigenvalue weighted by molar-refractivity contribution is -0.143. The Morgan fingerprint density at radius 2 is 1.95 bits per heavy atom. The molecule has 0 aliphatic heterocycles. The standard InChI is InChI=1S/C17H24FNO2/c1-11(2)10-15(17(20)21-3)19-16(12-4-5-12)13-6-8-14(18)9-7-13/h6-9,11-12,15-16,19H,4-5,10H2,1-3H3. The molecule has 4 heteroatoms. The Balaban J connectivity index is 2.13. The first-order valence-electron chi connectivity index (χ1n) is 7.60. The summed E-state index contributed by atoms with van der Waals surface area (Å²) in [5, 5.41) is 3.44. The van der Waals surface area contributed by atoms with Crippen LogP contribution in [0.5, 0.6) is 0 Å². The van der Waals surface area contributed by atoms with E-state index in [4.69, 9.17) is 4.74 Å². The van der Waals surface area contributed by atoms with Crippen molar-refractivity contribution in [3.8, 4) is 0 Å². The molecule has 1 aromatic carbocycles. The van der Waals surface area contributed by atoms with E-state index >= 15 is 0 Å². The number of halogens is 1. The average Bonchev–Trinajstić information content (AvgIpc) is 3.28. The molecule has 0 spiro atoms. The van der Waals surface area contributed by atoms with Gasteiger partial charge in [-0.3, -0.25) is 10.1 Å². The van der Waals surface area contributed by atoms with Gasteiger partial charge in [-0.25, -0.2) is 4.39 Å². The molecule has 0 amide bonds. The second kappa shape index (κ2) is 7.03. The number of methoxy groups -OCH3 is 1. The smallest absolute Gasteiger partial charge is 0.322 e. The van der Waals surface area contributed by atoms with Gasteiger partial charge in [0.2, 0.25) is 0 Å². The average molecular weight is 293 g/mol.